The quantitative estimate of drug-likeness (QED) is 0.800. The zero-order valence-corrected chi connectivity index (χ0v) is 13.3. The highest BCUT2D eigenvalue weighted by Gasteiger charge is 2.53. The highest BCUT2D eigenvalue weighted by atomic mass is 32.2. The fourth-order valence-electron chi connectivity index (χ4n) is 2.65. The molecule has 1 saturated heterocycles. The minimum absolute atomic E-state index is 0.0632. The minimum atomic E-state index is -3.77. The molecule has 1 aromatic carbocycles. The Balaban J connectivity index is 1.75. The summed E-state index contributed by atoms with van der Waals surface area (Å²) in [6.07, 6.45) is 0.642. The molecule has 2 fully saturated rings. The Kier molecular flexibility index (Phi) is 3.81. The monoisotopic (exact) mass is 344 g/mol. The lowest BCUT2D eigenvalue weighted by Gasteiger charge is -2.36. The summed E-state index contributed by atoms with van der Waals surface area (Å²) in [5.41, 5.74) is -1.00. The van der Waals surface area contributed by atoms with E-state index in [1.807, 2.05) is 0 Å². The summed E-state index contributed by atoms with van der Waals surface area (Å²) in [5.74, 6) is -1.78. The first kappa shape index (κ1) is 16.2. The molecule has 3 rings (SSSR count). The van der Waals surface area contributed by atoms with Gasteiger partial charge in [0.25, 0.3) is 0 Å². The van der Waals surface area contributed by atoms with Crippen molar-refractivity contribution in [3.8, 4) is 0 Å². The maximum absolute atomic E-state index is 14.2. The highest BCUT2D eigenvalue weighted by molar-refractivity contribution is 7.90. The zero-order valence-electron chi connectivity index (χ0n) is 12.5. The number of methoxy groups -OCH3 is 1. The van der Waals surface area contributed by atoms with E-state index in [0.29, 0.717) is 12.8 Å². The number of carbonyl (C=O) groups is 1. The first-order valence-electron chi connectivity index (χ1n) is 7.12. The molecule has 0 amide bonds. The molecule has 1 aliphatic carbocycles. The van der Waals surface area contributed by atoms with Crippen molar-refractivity contribution in [2.45, 2.75) is 24.4 Å². The van der Waals surface area contributed by atoms with Gasteiger partial charge in [0.15, 0.2) is 0 Å². The van der Waals surface area contributed by atoms with Crippen LogP contribution in [-0.2, 0) is 25.2 Å². The second-order valence-corrected chi connectivity index (χ2v) is 7.53. The van der Waals surface area contributed by atoms with E-state index in [0.717, 1.165) is 6.07 Å². The Labute approximate surface area is 133 Å². The number of carboxylic acids is 1. The van der Waals surface area contributed by atoms with Crippen LogP contribution in [0.4, 0.5) is 10.1 Å². The van der Waals surface area contributed by atoms with Crippen LogP contribution < -0.4 is 4.72 Å². The lowest BCUT2D eigenvalue weighted by Crippen LogP contribution is -2.55. The van der Waals surface area contributed by atoms with Crippen molar-refractivity contribution in [1.29, 1.82) is 0 Å². The molecule has 1 saturated carbocycles. The number of benzene rings is 1. The van der Waals surface area contributed by atoms with Gasteiger partial charge in [-0.1, -0.05) is 6.07 Å². The van der Waals surface area contributed by atoms with Gasteiger partial charge >= 0.3 is 16.2 Å². The normalized spacial score (nSPS) is 20.8. The summed E-state index contributed by atoms with van der Waals surface area (Å²) in [7, 11) is -2.26. The van der Waals surface area contributed by atoms with E-state index in [1.54, 1.807) is 0 Å². The van der Waals surface area contributed by atoms with Gasteiger partial charge in [-0.3, -0.25) is 9.52 Å². The van der Waals surface area contributed by atoms with Gasteiger partial charge in [0.1, 0.15) is 5.82 Å². The number of hydrogen-bond acceptors (Lipinski definition) is 4. The number of nitrogens with one attached hydrogen (secondary N) is 1. The lowest BCUT2D eigenvalue weighted by molar-refractivity contribution is -0.140. The number of carboxylic acid groups (broad SMARTS) is 1. The van der Waals surface area contributed by atoms with Crippen LogP contribution in [0.1, 0.15) is 18.4 Å². The van der Waals surface area contributed by atoms with Crippen molar-refractivity contribution < 1.29 is 27.4 Å². The third-order valence-electron chi connectivity index (χ3n) is 4.38. The Morgan fingerprint density at radius 3 is 2.57 bits per heavy atom. The van der Waals surface area contributed by atoms with Crippen LogP contribution in [-0.4, -0.2) is 50.1 Å². The first-order valence-corrected chi connectivity index (χ1v) is 8.56. The molecule has 0 aromatic heterocycles. The van der Waals surface area contributed by atoms with Crippen LogP contribution in [0, 0.1) is 5.82 Å². The Bertz CT molecular complexity index is 742. The van der Waals surface area contributed by atoms with Crippen LogP contribution in [0.5, 0.6) is 0 Å². The molecule has 0 radical (unpaired) electrons. The van der Waals surface area contributed by atoms with Crippen molar-refractivity contribution in [3.63, 3.8) is 0 Å². The van der Waals surface area contributed by atoms with E-state index in [4.69, 9.17) is 4.74 Å². The van der Waals surface area contributed by atoms with Gasteiger partial charge in [0.2, 0.25) is 0 Å². The third kappa shape index (κ3) is 2.79. The molecule has 126 valence electrons. The molecule has 0 spiro atoms. The zero-order chi connectivity index (χ0) is 16.8. The van der Waals surface area contributed by atoms with E-state index >= 15 is 0 Å². The number of ether oxygens (including phenoxy) is 1. The molecule has 1 heterocycles. The molecule has 2 aliphatic rings. The summed E-state index contributed by atoms with van der Waals surface area (Å²) in [6, 6.07) is 3.73. The molecule has 7 nitrogen and oxygen atoms in total. The van der Waals surface area contributed by atoms with Gasteiger partial charge in [0, 0.05) is 25.8 Å². The number of rotatable bonds is 6. The number of anilines is 1. The van der Waals surface area contributed by atoms with Gasteiger partial charge < -0.3 is 9.84 Å². The topological polar surface area (TPSA) is 95.9 Å². The van der Waals surface area contributed by atoms with Gasteiger partial charge in [-0.25, -0.2) is 4.39 Å². The van der Waals surface area contributed by atoms with Crippen molar-refractivity contribution in [1.82, 2.24) is 4.31 Å². The second kappa shape index (κ2) is 5.43. The van der Waals surface area contributed by atoms with Crippen molar-refractivity contribution in [3.05, 3.63) is 29.6 Å². The van der Waals surface area contributed by atoms with E-state index in [9.17, 15) is 22.7 Å². The van der Waals surface area contributed by atoms with Crippen LogP contribution in [0.2, 0.25) is 0 Å². The number of nitrogens with zero attached hydrogens (tertiary/aromatic N) is 1. The Morgan fingerprint density at radius 2 is 2.09 bits per heavy atom. The summed E-state index contributed by atoms with van der Waals surface area (Å²) in [4.78, 5) is 11.2. The smallest absolute Gasteiger partial charge is 0.314 e. The van der Waals surface area contributed by atoms with E-state index in [1.165, 1.54) is 23.5 Å². The van der Waals surface area contributed by atoms with E-state index in [2.05, 4.69) is 4.72 Å². The fraction of sp³-hybridized carbons (Fsp3) is 0.500. The van der Waals surface area contributed by atoms with Crippen molar-refractivity contribution in [2.75, 3.05) is 24.9 Å². The predicted octanol–water partition coefficient (Wildman–Crippen LogP) is 0.929. The number of hydrogen-bond donors (Lipinski definition) is 2. The standard InChI is InChI=1S/C14H17FN2O5S/c1-22-10-7-17(8-10)23(20,21)16-9-2-3-11(12(15)6-9)14(4-5-14)13(18)19/h2-3,6,10,16H,4-5,7-8H2,1H3,(H,18,19). The number of aliphatic carboxylic acids is 1. The highest BCUT2D eigenvalue weighted by Crippen LogP contribution is 2.49. The largest absolute Gasteiger partial charge is 0.481 e. The Hall–Kier alpha value is -1.71. The van der Waals surface area contributed by atoms with Gasteiger partial charge in [-0.15, -0.1) is 0 Å². The van der Waals surface area contributed by atoms with Gasteiger partial charge in [-0.05, 0) is 25.0 Å². The first-order chi connectivity index (χ1) is 10.8. The molecule has 1 aliphatic heterocycles. The van der Waals surface area contributed by atoms with Crippen LogP contribution in [0.25, 0.3) is 0 Å². The summed E-state index contributed by atoms with van der Waals surface area (Å²) >= 11 is 0. The SMILES string of the molecule is COC1CN(S(=O)(=O)Nc2ccc(C3(C(=O)O)CC3)c(F)c2)C1. The molecular weight excluding hydrogens is 327 g/mol. The Morgan fingerprint density at radius 1 is 1.43 bits per heavy atom. The van der Waals surface area contributed by atoms with Gasteiger partial charge in [0.05, 0.1) is 17.2 Å². The van der Waals surface area contributed by atoms with E-state index in [-0.39, 0.29) is 30.4 Å². The molecule has 0 unspecified atom stereocenters. The van der Waals surface area contributed by atoms with Crippen molar-refractivity contribution in [2.24, 2.45) is 0 Å². The molecular formula is C14H17FN2O5S. The lowest BCUT2D eigenvalue weighted by atomic mass is 9.95. The second-order valence-electron chi connectivity index (χ2n) is 5.86. The van der Waals surface area contributed by atoms with Crippen LogP contribution in [0.15, 0.2) is 18.2 Å². The van der Waals surface area contributed by atoms with E-state index < -0.39 is 27.4 Å². The fourth-order valence-corrected chi connectivity index (χ4v) is 3.93. The molecule has 9 heteroatoms. The predicted molar refractivity (Wildman–Crippen MR) is 79.9 cm³/mol. The van der Waals surface area contributed by atoms with Crippen LogP contribution >= 0.6 is 0 Å². The molecule has 2 N–H and O–H groups in total. The maximum Gasteiger partial charge on any atom is 0.314 e. The third-order valence-corrected chi connectivity index (χ3v) is 5.85. The summed E-state index contributed by atoms with van der Waals surface area (Å²) < 4.78 is 46.9. The maximum atomic E-state index is 14.2. The van der Waals surface area contributed by atoms with Crippen molar-refractivity contribution >= 4 is 21.9 Å². The average Bonchev–Trinajstić information content (AvgIpc) is 3.18. The minimum Gasteiger partial charge on any atom is -0.481 e. The molecule has 0 atom stereocenters. The number of halogens is 1. The molecule has 1 aromatic rings. The molecule has 23 heavy (non-hydrogen) atoms. The molecule has 0 bridgehead atoms. The summed E-state index contributed by atoms with van der Waals surface area (Å²) in [5, 5.41) is 9.20. The van der Waals surface area contributed by atoms with Gasteiger partial charge in [-0.2, -0.15) is 12.7 Å². The average molecular weight is 344 g/mol. The van der Waals surface area contributed by atoms with Crippen LogP contribution in [0.3, 0.4) is 0 Å². The summed E-state index contributed by atoms with van der Waals surface area (Å²) in [6.45, 7) is 0.489.